The second kappa shape index (κ2) is 5.85. The molecule has 2 aromatic rings. The first-order valence-corrected chi connectivity index (χ1v) is 7.23. The van der Waals surface area contributed by atoms with Crippen LogP contribution in [0.1, 0.15) is 16.8 Å². The molecule has 0 radical (unpaired) electrons. The van der Waals surface area contributed by atoms with E-state index in [1.54, 1.807) is 0 Å². The van der Waals surface area contributed by atoms with E-state index in [4.69, 9.17) is 16.3 Å². The van der Waals surface area contributed by atoms with Gasteiger partial charge in [-0.25, -0.2) is 0 Å². The standard InChI is InChI=1S/C15H18ClN3O/c1-19-6-3-14(18-19)2-5-17-10-12-9-13(16)8-11-4-7-20-15(11)12/h3,6,8-9,17H,2,4-5,7,10H2,1H3. The predicted molar refractivity (Wildman–Crippen MR) is 79.3 cm³/mol. The fourth-order valence-corrected chi connectivity index (χ4v) is 2.78. The number of rotatable bonds is 5. The topological polar surface area (TPSA) is 39.1 Å². The smallest absolute Gasteiger partial charge is 0.127 e. The summed E-state index contributed by atoms with van der Waals surface area (Å²) in [6, 6.07) is 6.03. The first-order valence-electron chi connectivity index (χ1n) is 6.86. The molecule has 2 heterocycles. The molecular formula is C15H18ClN3O. The van der Waals surface area contributed by atoms with Gasteiger partial charge >= 0.3 is 0 Å². The Morgan fingerprint density at radius 3 is 3.15 bits per heavy atom. The SMILES string of the molecule is Cn1ccc(CCNCc2cc(Cl)cc3c2OCC3)n1. The summed E-state index contributed by atoms with van der Waals surface area (Å²) in [5.74, 6) is 1.01. The maximum Gasteiger partial charge on any atom is 0.127 e. The summed E-state index contributed by atoms with van der Waals surface area (Å²) >= 11 is 6.14. The van der Waals surface area contributed by atoms with Crippen LogP contribution < -0.4 is 10.1 Å². The summed E-state index contributed by atoms with van der Waals surface area (Å²) in [6.07, 6.45) is 3.84. The minimum atomic E-state index is 0.761. The molecule has 20 heavy (non-hydrogen) atoms. The first kappa shape index (κ1) is 13.5. The normalized spacial score (nSPS) is 13.3. The highest BCUT2D eigenvalue weighted by Crippen LogP contribution is 2.32. The van der Waals surface area contributed by atoms with Crippen LogP contribution in [0.4, 0.5) is 0 Å². The Labute approximate surface area is 123 Å². The lowest BCUT2D eigenvalue weighted by Crippen LogP contribution is -2.17. The highest BCUT2D eigenvalue weighted by molar-refractivity contribution is 6.30. The summed E-state index contributed by atoms with van der Waals surface area (Å²) in [5.41, 5.74) is 3.47. The molecule has 1 aliphatic heterocycles. The zero-order valence-corrected chi connectivity index (χ0v) is 12.3. The lowest BCUT2D eigenvalue weighted by molar-refractivity contribution is 0.352. The second-order valence-electron chi connectivity index (χ2n) is 5.06. The number of aromatic nitrogens is 2. The van der Waals surface area contributed by atoms with E-state index in [-0.39, 0.29) is 0 Å². The zero-order valence-electron chi connectivity index (χ0n) is 11.5. The molecule has 0 spiro atoms. The number of ether oxygens (including phenoxy) is 1. The van der Waals surface area contributed by atoms with E-state index in [9.17, 15) is 0 Å². The van der Waals surface area contributed by atoms with E-state index >= 15 is 0 Å². The van der Waals surface area contributed by atoms with Crippen molar-refractivity contribution < 1.29 is 4.74 Å². The molecule has 0 aliphatic carbocycles. The summed E-state index contributed by atoms with van der Waals surface area (Å²) in [4.78, 5) is 0. The number of fused-ring (bicyclic) bond motifs is 1. The largest absolute Gasteiger partial charge is 0.493 e. The van der Waals surface area contributed by atoms with E-state index in [0.29, 0.717) is 0 Å². The number of nitrogens with zero attached hydrogens (tertiary/aromatic N) is 2. The zero-order chi connectivity index (χ0) is 13.9. The minimum absolute atomic E-state index is 0.761. The van der Waals surface area contributed by atoms with Crippen molar-refractivity contribution in [3.05, 3.63) is 46.2 Å². The number of halogens is 1. The third kappa shape index (κ3) is 2.97. The quantitative estimate of drug-likeness (QED) is 0.860. The molecule has 0 bridgehead atoms. The van der Waals surface area contributed by atoms with Crippen LogP contribution in [0.15, 0.2) is 24.4 Å². The van der Waals surface area contributed by atoms with Gasteiger partial charge < -0.3 is 10.1 Å². The van der Waals surface area contributed by atoms with Gasteiger partial charge in [-0.3, -0.25) is 4.68 Å². The molecule has 4 nitrogen and oxygen atoms in total. The molecule has 1 aromatic heterocycles. The van der Waals surface area contributed by atoms with Crippen molar-refractivity contribution in [2.45, 2.75) is 19.4 Å². The first-order chi connectivity index (χ1) is 9.72. The van der Waals surface area contributed by atoms with Crippen molar-refractivity contribution in [1.29, 1.82) is 0 Å². The Hall–Kier alpha value is -1.52. The highest BCUT2D eigenvalue weighted by atomic mass is 35.5. The average Bonchev–Trinajstić information content (AvgIpc) is 3.03. The maximum atomic E-state index is 6.14. The third-order valence-electron chi connectivity index (χ3n) is 3.47. The van der Waals surface area contributed by atoms with Crippen LogP contribution in [0.5, 0.6) is 5.75 Å². The fourth-order valence-electron chi connectivity index (χ4n) is 2.51. The van der Waals surface area contributed by atoms with E-state index in [1.165, 1.54) is 5.56 Å². The number of hydrogen-bond donors (Lipinski definition) is 1. The van der Waals surface area contributed by atoms with Crippen LogP contribution in [0.2, 0.25) is 5.02 Å². The summed E-state index contributed by atoms with van der Waals surface area (Å²) in [7, 11) is 1.93. The summed E-state index contributed by atoms with van der Waals surface area (Å²) < 4.78 is 7.52. The molecule has 0 saturated heterocycles. The van der Waals surface area contributed by atoms with E-state index < -0.39 is 0 Å². The lowest BCUT2D eigenvalue weighted by Gasteiger charge is -2.10. The van der Waals surface area contributed by atoms with Gasteiger partial charge in [-0.05, 0) is 23.8 Å². The monoisotopic (exact) mass is 291 g/mol. The molecule has 1 aromatic carbocycles. The van der Waals surface area contributed by atoms with Gasteiger partial charge in [0.2, 0.25) is 0 Å². The van der Waals surface area contributed by atoms with Gasteiger partial charge in [0.1, 0.15) is 5.75 Å². The van der Waals surface area contributed by atoms with Crippen LogP contribution in [0.3, 0.4) is 0 Å². The van der Waals surface area contributed by atoms with Crippen LogP contribution >= 0.6 is 11.6 Å². The van der Waals surface area contributed by atoms with Crippen molar-refractivity contribution >= 4 is 11.6 Å². The molecule has 0 unspecified atom stereocenters. The van der Waals surface area contributed by atoms with Gasteiger partial charge in [0, 0.05) is 49.8 Å². The van der Waals surface area contributed by atoms with Crippen LogP contribution in [0, 0.1) is 0 Å². The van der Waals surface area contributed by atoms with Gasteiger partial charge in [-0.2, -0.15) is 5.10 Å². The minimum Gasteiger partial charge on any atom is -0.493 e. The van der Waals surface area contributed by atoms with E-state index in [1.807, 2.05) is 36.1 Å². The molecule has 3 rings (SSSR count). The number of aryl methyl sites for hydroxylation is 1. The van der Waals surface area contributed by atoms with Crippen molar-refractivity contribution in [3.63, 3.8) is 0 Å². The Bertz CT molecular complexity index is 609. The van der Waals surface area contributed by atoms with E-state index in [2.05, 4.69) is 10.4 Å². The molecule has 0 atom stereocenters. The van der Waals surface area contributed by atoms with Crippen LogP contribution in [0.25, 0.3) is 0 Å². The van der Waals surface area contributed by atoms with Crippen LogP contribution in [-0.4, -0.2) is 22.9 Å². The van der Waals surface area contributed by atoms with Gasteiger partial charge in [0.05, 0.1) is 12.3 Å². The Morgan fingerprint density at radius 1 is 1.45 bits per heavy atom. The van der Waals surface area contributed by atoms with Crippen molar-refractivity contribution in [3.8, 4) is 5.75 Å². The summed E-state index contributed by atoms with van der Waals surface area (Å²) in [5, 5.41) is 8.57. The predicted octanol–water partition coefficient (Wildman–Crippen LogP) is 2.34. The number of hydrogen-bond acceptors (Lipinski definition) is 3. The number of benzene rings is 1. The third-order valence-corrected chi connectivity index (χ3v) is 3.69. The van der Waals surface area contributed by atoms with Crippen LogP contribution in [-0.2, 0) is 26.4 Å². The molecule has 0 amide bonds. The lowest BCUT2D eigenvalue weighted by atomic mass is 10.1. The molecule has 0 saturated carbocycles. The van der Waals surface area contributed by atoms with Gasteiger partial charge in [-0.1, -0.05) is 11.6 Å². The maximum absolute atomic E-state index is 6.14. The Balaban J connectivity index is 1.56. The van der Waals surface area contributed by atoms with E-state index in [0.717, 1.165) is 54.6 Å². The molecule has 1 N–H and O–H groups in total. The van der Waals surface area contributed by atoms with Crippen molar-refractivity contribution in [2.75, 3.05) is 13.2 Å². The van der Waals surface area contributed by atoms with Gasteiger partial charge in [0.15, 0.2) is 0 Å². The molecular weight excluding hydrogens is 274 g/mol. The molecule has 0 fully saturated rings. The van der Waals surface area contributed by atoms with Crippen molar-refractivity contribution in [2.24, 2.45) is 7.05 Å². The summed E-state index contributed by atoms with van der Waals surface area (Å²) in [6.45, 7) is 2.42. The Kier molecular flexibility index (Phi) is 3.94. The van der Waals surface area contributed by atoms with Crippen molar-refractivity contribution in [1.82, 2.24) is 15.1 Å². The van der Waals surface area contributed by atoms with Gasteiger partial charge in [0.25, 0.3) is 0 Å². The number of nitrogens with one attached hydrogen (secondary N) is 1. The Morgan fingerprint density at radius 2 is 2.35 bits per heavy atom. The fraction of sp³-hybridized carbons (Fsp3) is 0.400. The second-order valence-corrected chi connectivity index (χ2v) is 5.50. The molecule has 1 aliphatic rings. The molecule has 5 heteroatoms. The molecule has 106 valence electrons. The van der Waals surface area contributed by atoms with Gasteiger partial charge in [-0.15, -0.1) is 0 Å². The average molecular weight is 292 g/mol. The highest BCUT2D eigenvalue weighted by Gasteiger charge is 2.17.